The van der Waals surface area contributed by atoms with Crippen LogP contribution in [0, 0.1) is 5.92 Å². The lowest BCUT2D eigenvalue weighted by atomic mass is 9.93. The number of carbonyl (C=O) groups excluding carboxylic acids is 1. The van der Waals surface area contributed by atoms with E-state index in [2.05, 4.69) is 10.6 Å². The molecular formula is C17H26N2O4. The van der Waals surface area contributed by atoms with Gasteiger partial charge in [-0.25, -0.2) is 4.79 Å². The minimum absolute atomic E-state index is 0.143. The number of rotatable bonds is 6. The summed E-state index contributed by atoms with van der Waals surface area (Å²) in [6.07, 6.45) is 1.99. The molecule has 0 bridgehead atoms. The molecule has 2 N–H and O–H groups in total. The van der Waals surface area contributed by atoms with Gasteiger partial charge in [0.1, 0.15) is 0 Å². The van der Waals surface area contributed by atoms with Gasteiger partial charge in [-0.15, -0.1) is 0 Å². The first-order chi connectivity index (χ1) is 11.1. The predicted octanol–water partition coefficient (Wildman–Crippen LogP) is 2.32. The van der Waals surface area contributed by atoms with Crippen molar-refractivity contribution in [1.82, 2.24) is 10.6 Å². The number of nitrogens with one attached hydrogen (secondary N) is 2. The molecule has 1 atom stereocenters. The fourth-order valence-corrected chi connectivity index (χ4v) is 2.76. The van der Waals surface area contributed by atoms with Gasteiger partial charge in [-0.05, 0) is 43.4 Å². The topological polar surface area (TPSA) is 68.8 Å². The molecule has 1 aromatic rings. The lowest BCUT2D eigenvalue weighted by Gasteiger charge is -2.28. The highest BCUT2D eigenvalue weighted by molar-refractivity contribution is 5.74. The highest BCUT2D eigenvalue weighted by Crippen LogP contribution is 2.27. The van der Waals surface area contributed by atoms with Crippen LogP contribution in [0.5, 0.6) is 11.5 Å². The number of hydrogen-bond acceptors (Lipinski definition) is 4. The summed E-state index contributed by atoms with van der Waals surface area (Å²) in [6, 6.07) is 5.59. The van der Waals surface area contributed by atoms with E-state index in [-0.39, 0.29) is 12.1 Å². The molecule has 0 aliphatic carbocycles. The average Bonchev–Trinajstić information content (AvgIpc) is 2.60. The molecule has 1 aliphatic heterocycles. The minimum Gasteiger partial charge on any atom is -0.493 e. The minimum atomic E-state index is -0.154. The molecule has 2 rings (SSSR count). The maximum Gasteiger partial charge on any atom is 0.315 e. The summed E-state index contributed by atoms with van der Waals surface area (Å²) in [6.45, 7) is 4.05. The largest absolute Gasteiger partial charge is 0.493 e. The molecule has 0 spiro atoms. The lowest BCUT2D eigenvalue weighted by molar-refractivity contribution is 0.0571. The van der Waals surface area contributed by atoms with Crippen LogP contribution < -0.4 is 20.1 Å². The van der Waals surface area contributed by atoms with Gasteiger partial charge in [0.05, 0.1) is 14.2 Å². The van der Waals surface area contributed by atoms with Crippen LogP contribution in [0.15, 0.2) is 18.2 Å². The third-order valence-electron chi connectivity index (χ3n) is 4.23. The summed E-state index contributed by atoms with van der Waals surface area (Å²) >= 11 is 0. The smallest absolute Gasteiger partial charge is 0.315 e. The van der Waals surface area contributed by atoms with Crippen molar-refractivity contribution in [3.05, 3.63) is 23.8 Å². The van der Waals surface area contributed by atoms with E-state index in [1.165, 1.54) is 0 Å². The standard InChI is InChI=1S/C17H26N2O4/c1-12(14-6-8-23-9-7-14)19-17(20)18-11-13-4-5-15(21-2)16(10-13)22-3/h4-5,10,12,14H,6-9,11H2,1-3H3,(H2,18,19,20)/t12-/m0/s1. The molecule has 23 heavy (non-hydrogen) atoms. The van der Waals surface area contributed by atoms with Gasteiger partial charge in [-0.3, -0.25) is 0 Å². The van der Waals surface area contributed by atoms with Gasteiger partial charge < -0.3 is 24.8 Å². The highest BCUT2D eigenvalue weighted by Gasteiger charge is 2.21. The summed E-state index contributed by atoms with van der Waals surface area (Å²) in [5.74, 6) is 1.81. The first-order valence-electron chi connectivity index (χ1n) is 7.97. The van der Waals surface area contributed by atoms with Gasteiger partial charge >= 0.3 is 6.03 Å². The van der Waals surface area contributed by atoms with Crippen LogP contribution in [0.2, 0.25) is 0 Å². The zero-order valence-electron chi connectivity index (χ0n) is 14.1. The Bertz CT molecular complexity index is 515. The Balaban J connectivity index is 1.81. The highest BCUT2D eigenvalue weighted by atomic mass is 16.5. The van der Waals surface area contributed by atoms with Gasteiger partial charge in [0, 0.05) is 25.8 Å². The van der Waals surface area contributed by atoms with Crippen molar-refractivity contribution in [2.24, 2.45) is 5.92 Å². The summed E-state index contributed by atoms with van der Waals surface area (Å²) in [4.78, 5) is 12.0. The van der Waals surface area contributed by atoms with Gasteiger partial charge in [0.25, 0.3) is 0 Å². The fourth-order valence-electron chi connectivity index (χ4n) is 2.76. The van der Waals surface area contributed by atoms with Gasteiger partial charge in [0.15, 0.2) is 11.5 Å². The third-order valence-corrected chi connectivity index (χ3v) is 4.23. The van der Waals surface area contributed by atoms with Crippen molar-refractivity contribution in [1.29, 1.82) is 0 Å². The molecule has 0 aromatic heterocycles. The first kappa shape index (κ1) is 17.4. The maximum absolute atomic E-state index is 12.0. The van der Waals surface area contributed by atoms with Crippen molar-refractivity contribution in [3.8, 4) is 11.5 Å². The monoisotopic (exact) mass is 322 g/mol. The Kier molecular flexibility index (Phi) is 6.52. The van der Waals surface area contributed by atoms with Crippen LogP contribution in [-0.2, 0) is 11.3 Å². The number of urea groups is 1. The van der Waals surface area contributed by atoms with E-state index in [4.69, 9.17) is 14.2 Å². The number of methoxy groups -OCH3 is 2. The maximum atomic E-state index is 12.0. The molecule has 1 aromatic carbocycles. The van der Waals surface area contributed by atoms with E-state index in [0.717, 1.165) is 31.6 Å². The van der Waals surface area contributed by atoms with Crippen molar-refractivity contribution < 1.29 is 19.0 Å². The Morgan fingerprint density at radius 1 is 1.26 bits per heavy atom. The molecule has 0 unspecified atom stereocenters. The molecule has 0 radical (unpaired) electrons. The quantitative estimate of drug-likeness (QED) is 0.843. The normalized spacial score (nSPS) is 16.5. The second-order valence-electron chi connectivity index (χ2n) is 5.75. The van der Waals surface area contributed by atoms with Crippen molar-refractivity contribution >= 4 is 6.03 Å². The van der Waals surface area contributed by atoms with Crippen LogP contribution in [0.4, 0.5) is 4.79 Å². The third kappa shape index (κ3) is 5.03. The zero-order chi connectivity index (χ0) is 16.7. The molecular weight excluding hydrogens is 296 g/mol. The Labute approximate surface area is 137 Å². The molecule has 1 saturated heterocycles. The van der Waals surface area contributed by atoms with E-state index in [1.54, 1.807) is 14.2 Å². The zero-order valence-corrected chi connectivity index (χ0v) is 14.1. The van der Waals surface area contributed by atoms with Crippen LogP contribution >= 0.6 is 0 Å². The number of carbonyl (C=O) groups is 1. The Hall–Kier alpha value is -1.95. The van der Waals surface area contributed by atoms with Crippen molar-refractivity contribution in [2.75, 3.05) is 27.4 Å². The summed E-state index contributed by atoms with van der Waals surface area (Å²) in [5, 5.41) is 5.89. The molecule has 128 valence electrons. The molecule has 1 fully saturated rings. The van der Waals surface area contributed by atoms with Crippen LogP contribution in [0.1, 0.15) is 25.3 Å². The summed E-state index contributed by atoms with van der Waals surface area (Å²) in [5.41, 5.74) is 0.955. The van der Waals surface area contributed by atoms with Crippen LogP contribution in [-0.4, -0.2) is 39.5 Å². The number of amides is 2. The Morgan fingerprint density at radius 2 is 1.96 bits per heavy atom. The second kappa shape index (κ2) is 8.62. The number of hydrogen-bond donors (Lipinski definition) is 2. The molecule has 2 amide bonds. The summed E-state index contributed by atoms with van der Waals surface area (Å²) in [7, 11) is 3.19. The summed E-state index contributed by atoms with van der Waals surface area (Å²) < 4.78 is 15.8. The predicted molar refractivity (Wildman–Crippen MR) is 87.9 cm³/mol. The molecule has 6 nitrogen and oxygen atoms in total. The van der Waals surface area contributed by atoms with Gasteiger partial charge in [0.2, 0.25) is 0 Å². The first-order valence-corrected chi connectivity index (χ1v) is 7.97. The Morgan fingerprint density at radius 3 is 2.61 bits per heavy atom. The fraction of sp³-hybridized carbons (Fsp3) is 0.588. The van der Waals surface area contributed by atoms with Gasteiger partial charge in [-0.1, -0.05) is 6.07 Å². The number of ether oxygens (including phenoxy) is 3. The number of benzene rings is 1. The second-order valence-corrected chi connectivity index (χ2v) is 5.75. The van der Waals surface area contributed by atoms with Crippen LogP contribution in [0.3, 0.4) is 0 Å². The molecule has 1 aliphatic rings. The van der Waals surface area contributed by atoms with E-state index < -0.39 is 0 Å². The van der Waals surface area contributed by atoms with Crippen molar-refractivity contribution in [2.45, 2.75) is 32.4 Å². The van der Waals surface area contributed by atoms with E-state index >= 15 is 0 Å². The molecule has 6 heteroatoms. The molecule has 1 heterocycles. The lowest BCUT2D eigenvalue weighted by Crippen LogP contribution is -2.45. The van der Waals surface area contributed by atoms with E-state index in [9.17, 15) is 4.79 Å². The average molecular weight is 322 g/mol. The van der Waals surface area contributed by atoms with E-state index in [0.29, 0.717) is 24.0 Å². The molecule has 0 saturated carbocycles. The SMILES string of the molecule is COc1ccc(CNC(=O)N[C@@H](C)C2CCOCC2)cc1OC. The van der Waals surface area contributed by atoms with Crippen LogP contribution in [0.25, 0.3) is 0 Å². The van der Waals surface area contributed by atoms with Gasteiger partial charge in [-0.2, -0.15) is 0 Å². The van der Waals surface area contributed by atoms with Crippen molar-refractivity contribution in [3.63, 3.8) is 0 Å². The van der Waals surface area contributed by atoms with E-state index in [1.807, 2.05) is 25.1 Å².